The van der Waals surface area contributed by atoms with Crippen molar-refractivity contribution in [1.29, 1.82) is 0 Å². The normalized spacial score (nSPS) is 12.3. The average molecular weight is 248 g/mol. The van der Waals surface area contributed by atoms with E-state index in [9.17, 15) is 4.79 Å². The molecule has 0 spiro atoms. The maximum absolute atomic E-state index is 10.8. The third-order valence-electron chi connectivity index (χ3n) is 3.31. The molecule has 1 unspecified atom stereocenters. The van der Waals surface area contributed by atoms with Crippen LogP contribution in [0.3, 0.4) is 0 Å². The predicted octanol–water partition coefficient (Wildman–Crippen LogP) is 2.87. The summed E-state index contributed by atoms with van der Waals surface area (Å²) in [6.07, 6.45) is 8.10. The standard InChI is InChI=1S/C15H24N2O/c1-3-5-6-12(4-2)9-14-8-7-13(11-17-14)10-15(16)18/h7-8,11-12H,3-6,9-10H2,1-2H3,(H2,16,18). The van der Waals surface area contributed by atoms with E-state index in [2.05, 4.69) is 18.8 Å². The van der Waals surface area contributed by atoms with Gasteiger partial charge in [0.2, 0.25) is 5.91 Å². The molecule has 0 saturated heterocycles. The number of hydrogen-bond acceptors (Lipinski definition) is 2. The molecular formula is C15H24N2O. The first kappa shape index (κ1) is 14.7. The van der Waals surface area contributed by atoms with Gasteiger partial charge in [-0.25, -0.2) is 0 Å². The second kappa shape index (κ2) is 7.85. The smallest absolute Gasteiger partial charge is 0.221 e. The molecule has 0 fully saturated rings. The van der Waals surface area contributed by atoms with Gasteiger partial charge in [-0.1, -0.05) is 45.6 Å². The zero-order valence-corrected chi connectivity index (χ0v) is 11.5. The maximum atomic E-state index is 10.8. The van der Waals surface area contributed by atoms with E-state index in [4.69, 9.17) is 5.73 Å². The van der Waals surface area contributed by atoms with Gasteiger partial charge in [-0.2, -0.15) is 0 Å². The monoisotopic (exact) mass is 248 g/mol. The number of carbonyl (C=O) groups excluding carboxylic acids is 1. The van der Waals surface area contributed by atoms with E-state index in [1.165, 1.54) is 25.7 Å². The third-order valence-corrected chi connectivity index (χ3v) is 3.31. The van der Waals surface area contributed by atoms with Crippen molar-refractivity contribution in [2.45, 2.75) is 52.4 Å². The summed E-state index contributed by atoms with van der Waals surface area (Å²) in [6.45, 7) is 4.46. The van der Waals surface area contributed by atoms with Crippen LogP contribution in [0.1, 0.15) is 50.8 Å². The lowest BCUT2D eigenvalue weighted by atomic mass is 9.94. The Bertz CT molecular complexity index is 359. The minimum Gasteiger partial charge on any atom is -0.369 e. The first-order valence-corrected chi connectivity index (χ1v) is 6.87. The lowest BCUT2D eigenvalue weighted by Crippen LogP contribution is -2.14. The van der Waals surface area contributed by atoms with Gasteiger partial charge < -0.3 is 5.73 Å². The lowest BCUT2D eigenvalue weighted by molar-refractivity contribution is -0.117. The average Bonchev–Trinajstić information content (AvgIpc) is 2.36. The fourth-order valence-electron chi connectivity index (χ4n) is 2.12. The highest BCUT2D eigenvalue weighted by molar-refractivity contribution is 5.76. The summed E-state index contributed by atoms with van der Waals surface area (Å²) in [4.78, 5) is 15.2. The van der Waals surface area contributed by atoms with E-state index < -0.39 is 0 Å². The van der Waals surface area contributed by atoms with Crippen molar-refractivity contribution in [3.05, 3.63) is 29.6 Å². The lowest BCUT2D eigenvalue weighted by Gasteiger charge is -2.13. The van der Waals surface area contributed by atoms with Gasteiger partial charge in [-0.05, 0) is 24.0 Å². The van der Waals surface area contributed by atoms with Crippen LogP contribution in [0, 0.1) is 5.92 Å². The summed E-state index contributed by atoms with van der Waals surface area (Å²) in [7, 11) is 0. The van der Waals surface area contributed by atoms with Gasteiger partial charge in [0, 0.05) is 11.9 Å². The molecule has 1 heterocycles. The topological polar surface area (TPSA) is 56.0 Å². The molecule has 18 heavy (non-hydrogen) atoms. The summed E-state index contributed by atoms with van der Waals surface area (Å²) in [5, 5.41) is 0. The van der Waals surface area contributed by atoms with Crippen molar-refractivity contribution in [3.63, 3.8) is 0 Å². The summed E-state index contributed by atoms with van der Waals surface area (Å²) in [5.41, 5.74) is 7.17. The Morgan fingerprint density at radius 3 is 2.67 bits per heavy atom. The first-order chi connectivity index (χ1) is 8.65. The summed E-state index contributed by atoms with van der Waals surface area (Å²) in [5.74, 6) is 0.415. The molecule has 0 aliphatic rings. The number of carbonyl (C=O) groups is 1. The SMILES string of the molecule is CCCCC(CC)Cc1ccc(CC(N)=O)cn1. The highest BCUT2D eigenvalue weighted by Gasteiger charge is 2.08. The molecule has 1 amide bonds. The number of pyridine rings is 1. The molecule has 1 rings (SSSR count). The molecular weight excluding hydrogens is 224 g/mol. The van der Waals surface area contributed by atoms with Crippen LogP contribution in [0.4, 0.5) is 0 Å². The second-order valence-electron chi connectivity index (χ2n) is 4.92. The highest BCUT2D eigenvalue weighted by Crippen LogP contribution is 2.17. The quantitative estimate of drug-likeness (QED) is 0.769. The molecule has 1 aromatic rings. The van der Waals surface area contributed by atoms with Crippen LogP contribution in [0.15, 0.2) is 18.3 Å². The van der Waals surface area contributed by atoms with E-state index in [0.717, 1.165) is 23.6 Å². The maximum Gasteiger partial charge on any atom is 0.221 e. The van der Waals surface area contributed by atoms with Crippen molar-refractivity contribution in [2.75, 3.05) is 0 Å². The third kappa shape index (κ3) is 5.30. The Hall–Kier alpha value is -1.38. The summed E-state index contributed by atoms with van der Waals surface area (Å²) in [6, 6.07) is 3.98. The van der Waals surface area contributed by atoms with Gasteiger partial charge in [0.25, 0.3) is 0 Å². The second-order valence-corrected chi connectivity index (χ2v) is 4.92. The van der Waals surface area contributed by atoms with Crippen molar-refractivity contribution in [1.82, 2.24) is 4.98 Å². The fourth-order valence-corrected chi connectivity index (χ4v) is 2.12. The number of rotatable bonds is 8. The number of hydrogen-bond donors (Lipinski definition) is 1. The number of aromatic nitrogens is 1. The van der Waals surface area contributed by atoms with Crippen LogP contribution in [-0.4, -0.2) is 10.9 Å². The van der Waals surface area contributed by atoms with E-state index in [0.29, 0.717) is 0 Å². The summed E-state index contributed by atoms with van der Waals surface area (Å²) < 4.78 is 0. The molecule has 1 aromatic heterocycles. The van der Waals surface area contributed by atoms with Gasteiger partial charge in [0.15, 0.2) is 0 Å². The van der Waals surface area contributed by atoms with Crippen LogP contribution in [0.5, 0.6) is 0 Å². The van der Waals surface area contributed by atoms with Gasteiger partial charge in [-0.3, -0.25) is 9.78 Å². The Labute approximate surface area is 110 Å². The predicted molar refractivity (Wildman–Crippen MR) is 74.1 cm³/mol. The molecule has 0 bridgehead atoms. The molecule has 2 N–H and O–H groups in total. The Morgan fingerprint density at radius 2 is 2.17 bits per heavy atom. The van der Waals surface area contributed by atoms with Gasteiger partial charge >= 0.3 is 0 Å². The van der Waals surface area contributed by atoms with E-state index in [-0.39, 0.29) is 12.3 Å². The van der Waals surface area contributed by atoms with Gasteiger partial charge in [-0.15, -0.1) is 0 Å². The molecule has 0 aromatic carbocycles. The zero-order chi connectivity index (χ0) is 13.4. The number of unbranched alkanes of at least 4 members (excludes halogenated alkanes) is 1. The summed E-state index contributed by atoms with van der Waals surface area (Å²) >= 11 is 0. The number of nitrogens with zero attached hydrogens (tertiary/aromatic N) is 1. The van der Waals surface area contributed by atoms with E-state index in [1.54, 1.807) is 6.20 Å². The van der Waals surface area contributed by atoms with Crippen LogP contribution in [-0.2, 0) is 17.6 Å². The van der Waals surface area contributed by atoms with Crippen molar-refractivity contribution < 1.29 is 4.79 Å². The molecule has 0 saturated carbocycles. The molecule has 3 heteroatoms. The zero-order valence-electron chi connectivity index (χ0n) is 11.5. The Morgan fingerprint density at radius 1 is 1.39 bits per heavy atom. The van der Waals surface area contributed by atoms with Crippen LogP contribution < -0.4 is 5.73 Å². The van der Waals surface area contributed by atoms with Crippen molar-refractivity contribution >= 4 is 5.91 Å². The molecule has 0 aliphatic heterocycles. The fraction of sp³-hybridized carbons (Fsp3) is 0.600. The Balaban J connectivity index is 2.53. The number of nitrogens with two attached hydrogens (primary N) is 1. The van der Waals surface area contributed by atoms with Crippen LogP contribution in [0.2, 0.25) is 0 Å². The molecule has 100 valence electrons. The number of amides is 1. The molecule has 1 atom stereocenters. The van der Waals surface area contributed by atoms with E-state index >= 15 is 0 Å². The minimum absolute atomic E-state index is 0.278. The largest absolute Gasteiger partial charge is 0.369 e. The Kier molecular flexibility index (Phi) is 6.40. The molecule has 0 radical (unpaired) electrons. The number of primary amides is 1. The van der Waals surface area contributed by atoms with E-state index in [1.807, 2.05) is 12.1 Å². The van der Waals surface area contributed by atoms with Gasteiger partial charge in [0.05, 0.1) is 6.42 Å². The van der Waals surface area contributed by atoms with Gasteiger partial charge in [0.1, 0.15) is 0 Å². The minimum atomic E-state index is -0.307. The molecule has 3 nitrogen and oxygen atoms in total. The van der Waals surface area contributed by atoms with Crippen LogP contribution >= 0.6 is 0 Å². The highest BCUT2D eigenvalue weighted by atomic mass is 16.1. The van der Waals surface area contributed by atoms with Crippen molar-refractivity contribution in [2.24, 2.45) is 11.7 Å². The molecule has 0 aliphatic carbocycles. The van der Waals surface area contributed by atoms with Crippen LogP contribution in [0.25, 0.3) is 0 Å². The van der Waals surface area contributed by atoms with Crippen molar-refractivity contribution in [3.8, 4) is 0 Å². The first-order valence-electron chi connectivity index (χ1n) is 6.87.